The Morgan fingerprint density at radius 3 is 1.80 bits per heavy atom. The number of fused-ring (bicyclic) bond motifs is 10. The van der Waals surface area contributed by atoms with Crippen LogP contribution in [-0.2, 0) is 33.4 Å². The predicted octanol–water partition coefficient (Wildman–Crippen LogP) is 9.79. The van der Waals surface area contributed by atoms with E-state index in [-0.39, 0.29) is 88.2 Å². The summed E-state index contributed by atoms with van der Waals surface area (Å²) < 4.78 is 17.6. The van der Waals surface area contributed by atoms with E-state index in [1.54, 1.807) is 6.92 Å². The van der Waals surface area contributed by atoms with E-state index in [9.17, 15) is 34.5 Å². The molecule has 22 atom stereocenters. The van der Waals surface area contributed by atoms with E-state index < -0.39 is 12.1 Å². The lowest BCUT2D eigenvalue weighted by Crippen LogP contribution is -2.63. The van der Waals surface area contributed by atoms with Gasteiger partial charge in [-0.2, -0.15) is 0 Å². The zero-order valence-electron chi connectivity index (χ0n) is 42.5. The minimum Gasteiger partial charge on any atom is -0.481 e. The summed E-state index contributed by atoms with van der Waals surface area (Å²) in [6.07, 6.45) is 14.5. The van der Waals surface area contributed by atoms with Crippen LogP contribution in [0, 0.1) is 98.6 Å². The molecule has 8 rings (SSSR count). The lowest BCUT2D eigenvalue weighted by Gasteiger charge is -2.64. The fourth-order valence-electron chi connectivity index (χ4n) is 18.5. The minimum absolute atomic E-state index is 0.0675. The summed E-state index contributed by atoms with van der Waals surface area (Å²) in [5.74, 6) is 3.34. The number of aliphatic hydroxyl groups is 3. The first-order valence-electron chi connectivity index (χ1n) is 26.8. The van der Waals surface area contributed by atoms with Gasteiger partial charge in [0, 0.05) is 38.0 Å². The van der Waals surface area contributed by atoms with Gasteiger partial charge in [0.2, 0.25) is 0 Å². The smallest absolute Gasteiger partial charge is 0.305 e. The molecule has 8 fully saturated rings. The molecule has 11 nitrogen and oxygen atoms in total. The van der Waals surface area contributed by atoms with Gasteiger partial charge in [0.1, 0.15) is 12.2 Å². The molecule has 8 aliphatic carbocycles. The maximum absolute atomic E-state index is 12.4. The molecule has 0 aliphatic heterocycles. The van der Waals surface area contributed by atoms with Crippen molar-refractivity contribution in [2.75, 3.05) is 6.61 Å². The average molecular weight is 927 g/mol. The molecule has 0 unspecified atom stereocenters. The normalized spacial score (nSPS) is 47.7. The fraction of sp³-hybridized carbons (Fsp3) is 0.927. The molecule has 66 heavy (non-hydrogen) atoms. The first kappa shape index (κ1) is 51.6. The Balaban J connectivity index is 0.000000202. The number of aliphatic hydroxyl groups excluding tert-OH is 3. The highest BCUT2D eigenvalue weighted by molar-refractivity contribution is 5.69. The van der Waals surface area contributed by atoms with E-state index >= 15 is 0 Å². The summed E-state index contributed by atoms with van der Waals surface area (Å²) in [4.78, 5) is 47.9. The Morgan fingerprint density at radius 1 is 0.636 bits per heavy atom. The molecule has 0 spiro atoms. The quantitative estimate of drug-likeness (QED) is 0.115. The summed E-state index contributed by atoms with van der Waals surface area (Å²) in [5, 5.41) is 42.0. The molecule has 0 aromatic rings. The molecule has 8 saturated carbocycles. The standard InChI is InChI=1S/C31H50O6.C24H40O5/c1-8-35-28(34)12-9-19(3)23-10-11-24-29-25(17-27(31(23,24)7)37-21(5)33)30(6)14-13-18(2)15-22(30)16-26(29)36-20(4)32;1-13(4-7-21(28)29)16-5-6-17-22-18(12-20(27)24(16,17)3)23(2)9-8-15(25)10-14(23)11-19(22)26/h18-19,22-27,29H,8-17H2,1-7H3;13-20,22,25-27H,4-12H2,1-3H3,(H,28,29)/t18-,19-,22+,23-,24+,25+,26-,27-,29+,30+,31-;13-,14+,15-,16-,17+,18+,19-,20-,22+,23+,24-/m11/s1. The van der Waals surface area contributed by atoms with Crippen molar-refractivity contribution in [2.24, 2.45) is 98.6 Å². The van der Waals surface area contributed by atoms with Crippen LogP contribution in [0.3, 0.4) is 0 Å². The van der Waals surface area contributed by atoms with E-state index in [1.807, 2.05) is 6.92 Å². The molecule has 0 aromatic heterocycles. The maximum Gasteiger partial charge on any atom is 0.305 e. The van der Waals surface area contributed by atoms with Crippen LogP contribution in [0.2, 0.25) is 0 Å². The predicted molar refractivity (Wildman–Crippen MR) is 251 cm³/mol. The van der Waals surface area contributed by atoms with Crippen LogP contribution >= 0.6 is 0 Å². The lowest BCUT2D eigenvalue weighted by atomic mass is 9.42. The van der Waals surface area contributed by atoms with Crippen molar-refractivity contribution in [3.63, 3.8) is 0 Å². The van der Waals surface area contributed by atoms with Gasteiger partial charge in [-0.15, -0.1) is 0 Å². The molecule has 0 amide bonds. The monoisotopic (exact) mass is 927 g/mol. The third-order valence-electron chi connectivity index (χ3n) is 21.8. The highest BCUT2D eigenvalue weighted by Crippen LogP contribution is 2.71. The first-order valence-corrected chi connectivity index (χ1v) is 26.8. The lowest BCUT2D eigenvalue weighted by molar-refractivity contribution is -0.221. The molecule has 0 aromatic carbocycles. The van der Waals surface area contributed by atoms with Crippen molar-refractivity contribution in [1.29, 1.82) is 0 Å². The number of rotatable bonds is 11. The summed E-state index contributed by atoms with van der Waals surface area (Å²) in [7, 11) is 0. The number of hydrogen-bond acceptors (Lipinski definition) is 10. The van der Waals surface area contributed by atoms with Crippen LogP contribution in [0.5, 0.6) is 0 Å². The molecular weight excluding hydrogens is 837 g/mol. The van der Waals surface area contributed by atoms with E-state index in [1.165, 1.54) is 26.2 Å². The van der Waals surface area contributed by atoms with Gasteiger partial charge in [0.25, 0.3) is 0 Å². The van der Waals surface area contributed by atoms with Crippen LogP contribution in [0.4, 0.5) is 0 Å². The highest BCUT2D eigenvalue weighted by Gasteiger charge is 2.68. The number of carboxylic acids is 1. The molecule has 11 heteroatoms. The van der Waals surface area contributed by atoms with E-state index in [4.69, 9.17) is 19.3 Å². The summed E-state index contributed by atoms with van der Waals surface area (Å²) in [5.41, 5.74) is -0.165. The number of carboxylic acid groups (broad SMARTS) is 1. The summed E-state index contributed by atoms with van der Waals surface area (Å²) in [6.45, 7) is 21.5. The molecule has 376 valence electrons. The number of hydrogen-bond donors (Lipinski definition) is 4. The molecular formula is C55H90O11. The van der Waals surface area contributed by atoms with Crippen LogP contribution < -0.4 is 0 Å². The van der Waals surface area contributed by atoms with Gasteiger partial charge in [-0.1, -0.05) is 54.9 Å². The highest BCUT2D eigenvalue weighted by atomic mass is 16.6. The summed E-state index contributed by atoms with van der Waals surface area (Å²) >= 11 is 0. The summed E-state index contributed by atoms with van der Waals surface area (Å²) in [6, 6.07) is 0. The second-order valence-corrected chi connectivity index (χ2v) is 24.9. The van der Waals surface area contributed by atoms with Gasteiger partial charge in [-0.25, -0.2) is 0 Å². The van der Waals surface area contributed by atoms with Crippen molar-refractivity contribution in [3.05, 3.63) is 0 Å². The molecule has 0 saturated heterocycles. The largest absolute Gasteiger partial charge is 0.481 e. The zero-order valence-corrected chi connectivity index (χ0v) is 42.5. The average Bonchev–Trinajstić information content (AvgIpc) is 3.79. The maximum atomic E-state index is 12.4. The van der Waals surface area contributed by atoms with Crippen molar-refractivity contribution in [3.8, 4) is 0 Å². The molecule has 8 aliphatic rings. The van der Waals surface area contributed by atoms with E-state index in [0.717, 1.165) is 77.0 Å². The molecule has 0 heterocycles. The van der Waals surface area contributed by atoms with Gasteiger partial charge >= 0.3 is 23.9 Å². The zero-order chi connectivity index (χ0) is 48.3. The van der Waals surface area contributed by atoms with Crippen LogP contribution in [0.1, 0.15) is 185 Å². The van der Waals surface area contributed by atoms with Crippen LogP contribution in [-0.4, -0.2) is 81.4 Å². The van der Waals surface area contributed by atoms with Gasteiger partial charge in [0.05, 0.1) is 24.9 Å². The second-order valence-electron chi connectivity index (χ2n) is 24.9. The van der Waals surface area contributed by atoms with Gasteiger partial charge in [-0.05, 0) is 190 Å². The van der Waals surface area contributed by atoms with Crippen LogP contribution in [0.25, 0.3) is 0 Å². The van der Waals surface area contributed by atoms with Gasteiger partial charge in [-0.3, -0.25) is 19.2 Å². The third kappa shape index (κ3) is 9.28. The molecule has 4 N–H and O–H groups in total. The SMILES string of the molecule is CCOC(=O)CC[C@@H](C)[C@H]1CC[C@H]2[C@@H]3[C@H](OC(C)=O)C[C@@H]4C[C@H](C)CC[C@]4(C)[C@H]3C[C@@H](OC(C)=O)[C@]12C.C[C@H](CCC(=O)O)[C@H]1CC[C@H]2[C@@H]3[C@H](O)C[C@@H]4C[C@H](O)CC[C@]4(C)[C@H]3C[C@@H](O)[C@]12C. The fourth-order valence-corrected chi connectivity index (χ4v) is 18.5. The number of ether oxygens (including phenoxy) is 3. The number of carbonyl (C=O) groups is 4. The minimum atomic E-state index is -0.748. The van der Waals surface area contributed by atoms with Gasteiger partial charge in [0.15, 0.2) is 0 Å². The van der Waals surface area contributed by atoms with E-state index in [0.29, 0.717) is 78.6 Å². The third-order valence-corrected chi connectivity index (χ3v) is 21.8. The van der Waals surface area contributed by atoms with Crippen molar-refractivity contribution in [2.45, 2.75) is 215 Å². The number of carbonyl (C=O) groups excluding carboxylic acids is 3. The van der Waals surface area contributed by atoms with Crippen molar-refractivity contribution in [1.82, 2.24) is 0 Å². The Bertz CT molecular complexity index is 1750. The van der Waals surface area contributed by atoms with Crippen LogP contribution in [0.15, 0.2) is 0 Å². The molecule has 0 bridgehead atoms. The second kappa shape index (κ2) is 19.9. The Hall–Kier alpha value is -2.24. The van der Waals surface area contributed by atoms with Crippen molar-refractivity contribution < 1.29 is 53.8 Å². The first-order chi connectivity index (χ1) is 31.0. The van der Waals surface area contributed by atoms with Crippen molar-refractivity contribution >= 4 is 23.9 Å². The number of esters is 3. The number of aliphatic carboxylic acids is 1. The Kier molecular flexibility index (Phi) is 15.5. The van der Waals surface area contributed by atoms with E-state index in [2.05, 4.69) is 48.5 Å². The Labute approximate surface area is 397 Å². The molecule has 0 radical (unpaired) electrons. The van der Waals surface area contributed by atoms with Gasteiger partial charge < -0.3 is 34.6 Å². The topological polar surface area (TPSA) is 177 Å². The Morgan fingerprint density at radius 2 is 1.20 bits per heavy atom.